The molecule has 0 saturated heterocycles. The maximum absolute atomic E-state index is 13.2. The van der Waals surface area contributed by atoms with E-state index in [9.17, 15) is 24.1 Å². The number of carbonyl (C=O) groups excluding carboxylic acids is 2. The Balaban J connectivity index is 2.11. The molecule has 0 bridgehead atoms. The van der Waals surface area contributed by atoms with Gasteiger partial charge in [0.05, 0.1) is 11.1 Å². The van der Waals surface area contributed by atoms with Crippen LogP contribution in [0.2, 0.25) is 0 Å². The SMILES string of the molecule is CCC(C(=O)O)N(C)C(N)=NP(=O)(OCOC(=O)c1ccccc1)OCOC(=O)c1ccccc1. The topological polar surface area (TPSA) is 167 Å². The van der Waals surface area contributed by atoms with Crippen LogP contribution in [0, 0.1) is 0 Å². The summed E-state index contributed by atoms with van der Waals surface area (Å²) < 4.78 is 36.8. The molecule has 35 heavy (non-hydrogen) atoms. The number of ether oxygens (including phenoxy) is 2. The first-order valence-corrected chi connectivity index (χ1v) is 11.8. The second-order valence-corrected chi connectivity index (χ2v) is 8.54. The molecule has 2 rings (SSSR count). The number of carbonyl (C=O) groups is 3. The molecule has 0 spiro atoms. The first-order valence-electron chi connectivity index (χ1n) is 10.3. The largest absolute Gasteiger partial charge is 0.480 e. The summed E-state index contributed by atoms with van der Waals surface area (Å²) in [6.07, 6.45) is 0.164. The molecule has 0 aliphatic rings. The summed E-state index contributed by atoms with van der Waals surface area (Å²) in [5.74, 6) is -3.19. The maximum atomic E-state index is 13.2. The summed E-state index contributed by atoms with van der Waals surface area (Å²) in [7, 11) is -3.20. The van der Waals surface area contributed by atoms with Crippen molar-refractivity contribution >= 4 is 31.6 Å². The summed E-state index contributed by atoms with van der Waals surface area (Å²) in [6.45, 7) is -0.0657. The van der Waals surface area contributed by atoms with Crippen molar-refractivity contribution in [2.75, 3.05) is 20.6 Å². The van der Waals surface area contributed by atoms with E-state index in [0.29, 0.717) is 0 Å². The molecular weight excluding hydrogens is 481 g/mol. The van der Waals surface area contributed by atoms with E-state index in [1.165, 1.54) is 31.3 Å². The van der Waals surface area contributed by atoms with Crippen molar-refractivity contribution in [3.63, 3.8) is 0 Å². The summed E-state index contributed by atoms with van der Waals surface area (Å²) in [5, 5.41) is 9.31. The predicted molar refractivity (Wildman–Crippen MR) is 124 cm³/mol. The lowest BCUT2D eigenvalue weighted by molar-refractivity contribution is -0.141. The quantitative estimate of drug-likeness (QED) is 0.142. The van der Waals surface area contributed by atoms with Crippen LogP contribution in [-0.4, -0.2) is 60.5 Å². The minimum atomic E-state index is -4.53. The van der Waals surface area contributed by atoms with Gasteiger partial charge < -0.3 is 25.2 Å². The van der Waals surface area contributed by atoms with Gasteiger partial charge in [0.2, 0.25) is 19.5 Å². The zero-order valence-corrected chi connectivity index (χ0v) is 20.0. The minimum Gasteiger partial charge on any atom is -0.480 e. The molecule has 0 aliphatic heterocycles. The summed E-state index contributed by atoms with van der Waals surface area (Å²) in [4.78, 5) is 36.6. The van der Waals surface area contributed by atoms with Crippen molar-refractivity contribution < 1.29 is 42.6 Å². The lowest BCUT2D eigenvalue weighted by Gasteiger charge is -2.25. The molecule has 2 aromatic rings. The van der Waals surface area contributed by atoms with E-state index in [2.05, 4.69) is 4.76 Å². The summed E-state index contributed by atoms with van der Waals surface area (Å²) >= 11 is 0. The number of guanidine groups is 1. The zero-order chi connectivity index (χ0) is 25.8. The third kappa shape index (κ3) is 8.53. The third-order valence-corrected chi connectivity index (χ3v) is 5.87. The monoisotopic (exact) mass is 507 g/mol. The Bertz CT molecular complexity index is 1020. The van der Waals surface area contributed by atoms with Crippen LogP contribution in [-0.2, 0) is 27.9 Å². The van der Waals surface area contributed by atoms with Crippen molar-refractivity contribution in [1.29, 1.82) is 0 Å². The highest BCUT2D eigenvalue weighted by atomic mass is 31.2. The van der Waals surface area contributed by atoms with Gasteiger partial charge in [0.15, 0.2) is 0 Å². The third-order valence-electron chi connectivity index (χ3n) is 4.56. The van der Waals surface area contributed by atoms with E-state index >= 15 is 0 Å². The Morgan fingerprint density at radius 3 is 1.74 bits per heavy atom. The average Bonchev–Trinajstić information content (AvgIpc) is 2.85. The number of esters is 2. The molecule has 3 N–H and O–H groups in total. The second kappa shape index (κ2) is 13.2. The Morgan fingerprint density at radius 1 is 0.943 bits per heavy atom. The van der Waals surface area contributed by atoms with Crippen LogP contribution in [0.25, 0.3) is 0 Å². The molecule has 0 heterocycles. The van der Waals surface area contributed by atoms with Crippen molar-refractivity contribution in [2.24, 2.45) is 10.5 Å². The van der Waals surface area contributed by atoms with E-state index in [-0.39, 0.29) is 17.5 Å². The van der Waals surface area contributed by atoms with Gasteiger partial charge in [0.25, 0.3) is 0 Å². The van der Waals surface area contributed by atoms with E-state index in [1.54, 1.807) is 43.3 Å². The lowest BCUT2D eigenvalue weighted by Crippen LogP contribution is -2.45. The second-order valence-electron chi connectivity index (χ2n) is 6.89. The molecule has 1 unspecified atom stereocenters. The highest BCUT2D eigenvalue weighted by molar-refractivity contribution is 7.52. The van der Waals surface area contributed by atoms with E-state index in [4.69, 9.17) is 24.3 Å². The number of carboxylic acids is 1. The molecular formula is C22H26N3O9P. The molecule has 1 atom stereocenters. The van der Waals surface area contributed by atoms with Crippen LogP contribution in [0.15, 0.2) is 65.4 Å². The molecule has 188 valence electrons. The van der Waals surface area contributed by atoms with Crippen molar-refractivity contribution in [2.45, 2.75) is 19.4 Å². The fraction of sp³-hybridized carbons (Fsp3) is 0.273. The molecule has 0 aromatic heterocycles. The summed E-state index contributed by atoms with van der Waals surface area (Å²) in [6, 6.07) is 14.9. The van der Waals surface area contributed by atoms with Crippen LogP contribution < -0.4 is 5.73 Å². The normalized spacial score (nSPS) is 12.5. The highest BCUT2D eigenvalue weighted by Gasteiger charge is 2.30. The number of rotatable bonds is 12. The Kier molecular flexibility index (Phi) is 10.4. The Morgan fingerprint density at radius 2 is 1.37 bits per heavy atom. The molecule has 0 fully saturated rings. The summed E-state index contributed by atoms with van der Waals surface area (Å²) in [5.41, 5.74) is 6.27. The van der Waals surface area contributed by atoms with Gasteiger partial charge in [-0.1, -0.05) is 43.3 Å². The number of likely N-dealkylation sites (N-methyl/N-ethyl adjacent to an activating group) is 1. The number of aliphatic carboxylic acids is 1. The minimum absolute atomic E-state index is 0.164. The van der Waals surface area contributed by atoms with Crippen molar-refractivity contribution in [1.82, 2.24) is 4.90 Å². The molecule has 12 nitrogen and oxygen atoms in total. The van der Waals surface area contributed by atoms with Crippen LogP contribution in [0.1, 0.15) is 34.1 Å². The highest BCUT2D eigenvalue weighted by Crippen LogP contribution is 2.50. The Labute approximate surface area is 201 Å². The van der Waals surface area contributed by atoms with Gasteiger partial charge in [-0.3, -0.25) is 9.05 Å². The first-order chi connectivity index (χ1) is 16.7. The number of benzene rings is 2. The first kappa shape index (κ1) is 27.5. The number of nitrogens with two attached hydrogens (primary N) is 1. The van der Waals surface area contributed by atoms with E-state index in [1.807, 2.05) is 0 Å². The van der Waals surface area contributed by atoms with Crippen LogP contribution in [0.5, 0.6) is 0 Å². The van der Waals surface area contributed by atoms with E-state index in [0.717, 1.165) is 4.90 Å². The predicted octanol–water partition coefficient (Wildman–Crippen LogP) is 2.87. The smallest absolute Gasteiger partial charge is 0.462 e. The van der Waals surface area contributed by atoms with Crippen molar-refractivity contribution in [3.8, 4) is 0 Å². The van der Waals surface area contributed by atoms with E-state index < -0.39 is 51.2 Å². The van der Waals surface area contributed by atoms with Crippen LogP contribution in [0.4, 0.5) is 0 Å². The van der Waals surface area contributed by atoms with Gasteiger partial charge in [-0.2, -0.15) is 0 Å². The zero-order valence-electron chi connectivity index (χ0n) is 19.1. The molecule has 2 aromatic carbocycles. The van der Waals surface area contributed by atoms with Crippen LogP contribution >= 0.6 is 7.75 Å². The standard InChI is InChI=1S/C22H26N3O9P/c1-3-18(19(26)27)25(2)22(23)24-35(30,33-14-31-20(28)16-10-6-4-7-11-16)34-15-32-21(29)17-12-8-5-9-13-17/h4-13,18H,3,14-15H2,1-2H3,(H,26,27)(H2,23,24,30). The Hall–Kier alpha value is -3.73. The molecule has 0 amide bonds. The van der Waals surface area contributed by atoms with Gasteiger partial charge >= 0.3 is 25.7 Å². The number of carboxylic acid groups (broad SMARTS) is 1. The average molecular weight is 507 g/mol. The van der Waals surface area contributed by atoms with Gasteiger partial charge in [0.1, 0.15) is 6.04 Å². The van der Waals surface area contributed by atoms with Gasteiger partial charge in [-0.15, -0.1) is 4.76 Å². The number of hydrogen-bond donors (Lipinski definition) is 2. The molecule has 0 saturated carbocycles. The molecule has 0 radical (unpaired) electrons. The number of hydrogen-bond acceptors (Lipinski definition) is 8. The van der Waals surface area contributed by atoms with Gasteiger partial charge in [-0.25, -0.2) is 18.9 Å². The van der Waals surface area contributed by atoms with Crippen LogP contribution in [0.3, 0.4) is 0 Å². The fourth-order valence-corrected chi connectivity index (χ4v) is 3.63. The molecule has 13 heteroatoms. The lowest BCUT2D eigenvalue weighted by atomic mass is 10.2. The van der Waals surface area contributed by atoms with Gasteiger partial charge in [0, 0.05) is 7.05 Å². The maximum Gasteiger partial charge on any atom is 0.462 e. The van der Waals surface area contributed by atoms with Crippen molar-refractivity contribution in [3.05, 3.63) is 71.8 Å². The molecule has 0 aliphatic carbocycles. The van der Waals surface area contributed by atoms with Gasteiger partial charge in [-0.05, 0) is 30.7 Å². The number of nitrogens with zero attached hydrogens (tertiary/aromatic N) is 2. The fourth-order valence-electron chi connectivity index (χ4n) is 2.67.